The number of aryl methyl sites for hydroxylation is 2. The maximum atomic E-state index is 5.85. The van der Waals surface area contributed by atoms with Crippen LogP contribution in [-0.4, -0.2) is 19.7 Å². The maximum absolute atomic E-state index is 5.85. The van der Waals surface area contributed by atoms with Gasteiger partial charge in [-0.1, -0.05) is 0 Å². The number of rotatable bonds is 4. The van der Waals surface area contributed by atoms with Gasteiger partial charge in [0, 0.05) is 36.8 Å². The third-order valence-electron chi connectivity index (χ3n) is 3.81. The lowest BCUT2D eigenvalue weighted by Crippen LogP contribution is -2.07. The van der Waals surface area contributed by atoms with Gasteiger partial charge in [0.05, 0.1) is 5.69 Å². The monoisotopic (exact) mass is 272 g/mol. The van der Waals surface area contributed by atoms with Gasteiger partial charge >= 0.3 is 0 Å². The smallest absolute Gasteiger partial charge is 0.136 e. The number of nitrogens with two attached hydrogens (primary N) is 1. The van der Waals surface area contributed by atoms with Crippen LogP contribution in [0.15, 0.2) is 6.07 Å². The minimum Gasteiger partial charge on any atom is -0.384 e. The van der Waals surface area contributed by atoms with Gasteiger partial charge in [-0.25, -0.2) is 9.97 Å². The van der Waals surface area contributed by atoms with Crippen LogP contribution in [0.4, 0.5) is 11.6 Å². The molecule has 0 atom stereocenters. The Kier molecular flexibility index (Phi) is 3.08. The Morgan fingerprint density at radius 1 is 1.35 bits per heavy atom. The maximum Gasteiger partial charge on any atom is 0.136 e. The summed E-state index contributed by atoms with van der Waals surface area (Å²) in [5.41, 5.74) is 9.27. The zero-order chi connectivity index (χ0) is 14.3. The van der Waals surface area contributed by atoms with E-state index < -0.39 is 0 Å². The van der Waals surface area contributed by atoms with Crippen molar-refractivity contribution in [3.8, 4) is 0 Å². The van der Waals surface area contributed by atoms with E-state index in [-0.39, 0.29) is 0 Å². The van der Waals surface area contributed by atoms with Gasteiger partial charge in [-0.05, 0) is 26.7 Å². The molecule has 106 valence electrons. The van der Waals surface area contributed by atoms with Crippen molar-refractivity contribution in [1.82, 2.24) is 19.7 Å². The van der Waals surface area contributed by atoms with E-state index in [2.05, 4.69) is 27.3 Å². The largest absolute Gasteiger partial charge is 0.384 e. The molecule has 2 heterocycles. The molecule has 20 heavy (non-hydrogen) atoms. The molecule has 1 fully saturated rings. The second-order valence-electron chi connectivity index (χ2n) is 5.44. The van der Waals surface area contributed by atoms with Crippen LogP contribution < -0.4 is 11.1 Å². The molecule has 6 nitrogen and oxygen atoms in total. The lowest BCUT2D eigenvalue weighted by molar-refractivity contribution is 0.730. The van der Waals surface area contributed by atoms with Crippen LogP contribution in [0.25, 0.3) is 0 Å². The van der Waals surface area contributed by atoms with E-state index >= 15 is 0 Å². The number of anilines is 2. The summed E-state index contributed by atoms with van der Waals surface area (Å²) in [6.45, 7) is 4.79. The highest BCUT2D eigenvalue weighted by molar-refractivity contribution is 5.46. The first-order valence-corrected chi connectivity index (χ1v) is 6.92. The van der Waals surface area contributed by atoms with Gasteiger partial charge in [0.1, 0.15) is 17.5 Å². The summed E-state index contributed by atoms with van der Waals surface area (Å²) in [4.78, 5) is 8.85. The number of hydrogen-bond acceptors (Lipinski definition) is 5. The first-order valence-electron chi connectivity index (χ1n) is 6.92. The van der Waals surface area contributed by atoms with E-state index in [1.165, 1.54) is 24.1 Å². The summed E-state index contributed by atoms with van der Waals surface area (Å²) >= 11 is 0. The molecule has 0 unspecified atom stereocenters. The topological polar surface area (TPSA) is 81.7 Å². The zero-order valence-electron chi connectivity index (χ0n) is 12.1. The van der Waals surface area contributed by atoms with E-state index in [0.717, 1.165) is 17.3 Å². The number of nitrogens with zero attached hydrogens (tertiary/aromatic N) is 4. The fourth-order valence-corrected chi connectivity index (χ4v) is 2.35. The standard InChI is InChI=1S/C14H20N6/c1-8-11(9(2)20(3)19-8)7-16-13-6-12(15)17-14(18-13)10-4-5-10/h6,10H,4-5,7H2,1-3H3,(H3,15,16,17,18). The zero-order valence-corrected chi connectivity index (χ0v) is 12.1. The van der Waals surface area contributed by atoms with Gasteiger partial charge in [-0.15, -0.1) is 0 Å². The number of aromatic nitrogens is 4. The van der Waals surface area contributed by atoms with Gasteiger partial charge in [-0.3, -0.25) is 4.68 Å². The van der Waals surface area contributed by atoms with E-state index in [0.29, 0.717) is 18.3 Å². The SMILES string of the molecule is Cc1nn(C)c(C)c1CNc1cc(N)nc(C2CC2)n1. The van der Waals surface area contributed by atoms with Crippen molar-refractivity contribution in [1.29, 1.82) is 0 Å². The number of hydrogen-bond donors (Lipinski definition) is 2. The molecule has 0 aromatic carbocycles. The van der Waals surface area contributed by atoms with Crippen molar-refractivity contribution < 1.29 is 0 Å². The molecule has 0 saturated heterocycles. The fraction of sp³-hybridized carbons (Fsp3) is 0.500. The number of nitrogen functional groups attached to an aromatic ring is 1. The van der Waals surface area contributed by atoms with Gasteiger partial charge < -0.3 is 11.1 Å². The Hall–Kier alpha value is -2.11. The molecule has 0 aliphatic heterocycles. The van der Waals surface area contributed by atoms with Gasteiger partial charge in [0.25, 0.3) is 0 Å². The van der Waals surface area contributed by atoms with Crippen molar-refractivity contribution >= 4 is 11.6 Å². The molecular formula is C14H20N6. The Morgan fingerprint density at radius 2 is 2.10 bits per heavy atom. The van der Waals surface area contributed by atoms with E-state index in [4.69, 9.17) is 5.73 Å². The molecule has 1 aliphatic carbocycles. The van der Waals surface area contributed by atoms with Crippen molar-refractivity contribution in [2.45, 2.75) is 39.2 Å². The molecular weight excluding hydrogens is 252 g/mol. The average molecular weight is 272 g/mol. The summed E-state index contributed by atoms with van der Waals surface area (Å²) in [6.07, 6.45) is 2.34. The van der Waals surface area contributed by atoms with Crippen LogP contribution in [0.2, 0.25) is 0 Å². The lowest BCUT2D eigenvalue weighted by Gasteiger charge is -2.08. The Balaban J connectivity index is 1.78. The normalized spacial score (nSPS) is 14.6. The molecule has 2 aromatic rings. The summed E-state index contributed by atoms with van der Waals surface area (Å²) in [6, 6.07) is 1.78. The molecule has 3 rings (SSSR count). The van der Waals surface area contributed by atoms with Crippen LogP contribution >= 0.6 is 0 Å². The highest BCUT2D eigenvalue weighted by Crippen LogP contribution is 2.38. The van der Waals surface area contributed by atoms with Crippen molar-refractivity contribution in [2.24, 2.45) is 7.05 Å². The quantitative estimate of drug-likeness (QED) is 0.888. The predicted molar refractivity (Wildman–Crippen MR) is 78.4 cm³/mol. The van der Waals surface area contributed by atoms with Crippen LogP contribution in [0, 0.1) is 13.8 Å². The Morgan fingerprint density at radius 3 is 2.70 bits per heavy atom. The molecule has 3 N–H and O–H groups in total. The molecule has 1 aliphatic rings. The van der Waals surface area contributed by atoms with Crippen LogP contribution in [-0.2, 0) is 13.6 Å². The van der Waals surface area contributed by atoms with E-state index in [1.807, 2.05) is 18.7 Å². The van der Waals surface area contributed by atoms with Crippen LogP contribution in [0.1, 0.15) is 41.5 Å². The third-order valence-corrected chi connectivity index (χ3v) is 3.81. The Bertz CT molecular complexity index is 641. The molecule has 0 spiro atoms. The van der Waals surface area contributed by atoms with Crippen LogP contribution in [0.5, 0.6) is 0 Å². The molecule has 2 aromatic heterocycles. The second-order valence-corrected chi connectivity index (χ2v) is 5.44. The van der Waals surface area contributed by atoms with E-state index in [9.17, 15) is 0 Å². The minimum atomic E-state index is 0.501. The molecule has 1 saturated carbocycles. The van der Waals surface area contributed by atoms with E-state index in [1.54, 1.807) is 6.07 Å². The Labute approximate surface area is 118 Å². The first kappa shape index (κ1) is 12.9. The summed E-state index contributed by atoms with van der Waals surface area (Å²) in [5, 5.41) is 7.75. The minimum absolute atomic E-state index is 0.501. The summed E-state index contributed by atoms with van der Waals surface area (Å²) < 4.78 is 1.90. The second kappa shape index (κ2) is 4.77. The van der Waals surface area contributed by atoms with Gasteiger partial charge in [-0.2, -0.15) is 5.10 Å². The molecule has 0 amide bonds. The summed E-state index contributed by atoms with van der Waals surface area (Å²) in [5.74, 6) is 2.69. The molecule has 0 bridgehead atoms. The van der Waals surface area contributed by atoms with Gasteiger partial charge in [0.2, 0.25) is 0 Å². The number of nitrogens with one attached hydrogen (secondary N) is 1. The van der Waals surface area contributed by atoms with Gasteiger partial charge in [0.15, 0.2) is 0 Å². The van der Waals surface area contributed by atoms with Crippen molar-refractivity contribution in [3.63, 3.8) is 0 Å². The highest BCUT2D eigenvalue weighted by Gasteiger charge is 2.27. The highest BCUT2D eigenvalue weighted by atomic mass is 15.3. The fourth-order valence-electron chi connectivity index (χ4n) is 2.35. The van der Waals surface area contributed by atoms with Crippen molar-refractivity contribution in [3.05, 3.63) is 28.8 Å². The lowest BCUT2D eigenvalue weighted by atomic mass is 10.2. The third kappa shape index (κ3) is 2.45. The molecule has 6 heteroatoms. The van der Waals surface area contributed by atoms with Crippen LogP contribution in [0.3, 0.4) is 0 Å². The average Bonchev–Trinajstić information content (AvgIpc) is 3.18. The molecule has 0 radical (unpaired) electrons. The van der Waals surface area contributed by atoms with Crippen molar-refractivity contribution in [2.75, 3.05) is 11.1 Å². The summed E-state index contributed by atoms with van der Waals surface area (Å²) in [7, 11) is 1.96. The first-order chi connectivity index (χ1) is 9.54. The predicted octanol–water partition coefficient (Wildman–Crippen LogP) is 1.90.